The van der Waals surface area contributed by atoms with E-state index in [9.17, 15) is 13.2 Å². The molecule has 1 N–H and O–H groups in total. The number of nitrogens with zero attached hydrogens (tertiary/aromatic N) is 1. The Bertz CT molecular complexity index is 1010. The average Bonchev–Trinajstić information content (AvgIpc) is 2.97. The van der Waals surface area contributed by atoms with Crippen LogP contribution in [0, 0.1) is 0 Å². The van der Waals surface area contributed by atoms with Gasteiger partial charge in [-0.05, 0) is 24.1 Å². The second-order valence-electron chi connectivity index (χ2n) is 6.37. The fourth-order valence-corrected chi connectivity index (χ4v) is 3.66. The van der Waals surface area contributed by atoms with Crippen LogP contribution in [-0.2, 0) is 21.2 Å². The second-order valence-corrected chi connectivity index (χ2v) is 8.63. The van der Waals surface area contributed by atoms with Gasteiger partial charge in [-0.3, -0.25) is 4.79 Å². The summed E-state index contributed by atoms with van der Waals surface area (Å²) in [4.78, 5) is 12.4. The molecule has 0 aliphatic rings. The molecule has 0 spiro atoms. The smallest absolute Gasteiger partial charge is 0.239 e. The third kappa shape index (κ3) is 4.52. The highest BCUT2D eigenvalue weighted by atomic mass is 32.2. The van der Waals surface area contributed by atoms with Gasteiger partial charge in [0.1, 0.15) is 16.4 Å². The van der Waals surface area contributed by atoms with E-state index in [0.717, 1.165) is 22.2 Å². The fourth-order valence-electron chi connectivity index (χ4n) is 2.99. The Hall–Kier alpha value is -2.60. The summed E-state index contributed by atoms with van der Waals surface area (Å²) in [5.74, 6) is -0.0494. The van der Waals surface area contributed by atoms with E-state index in [1.54, 1.807) is 0 Å². The molecule has 26 heavy (non-hydrogen) atoms. The zero-order chi connectivity index (χ0) is 18.6. The molecule has 0 aliphatic heterocycles. The maximum Gasteiger partial charge on any atom is 0.239 e. The van der Waals surface area contributed by atoms with Gasteiger partial charge in [0.15, 0.2) is 0 Å². The van der Waals surface area contributed by atoms with Crippen LogP contribution >= 0.6 is 0 Å². The van der Waals surface area contributed by atoms with Crippen LogP contribution in [0.4, 0.5) is 0 Å². The largest absolute Gasteiger partial charge is 0.355 e. The lowest BCUT2D eigenvalue weighted by Gasteiger charge is -2.11. The van der Waals surface area contributed by atoms with Crippen molar-refractivity contribution in [3.63, 3.8) is 0 Å². The molecule has 0 aliphatic carbocycles. The molecule has 0 bridgehead atoms. The van der Waals surface area contributed by atoms with E-state index in [2.05, 4.69) is 11.4 Å². The summed E-state index contributed by atoms with van der Waals surface area (Å²) in [7, 11) is -3.00. The first-order chi connectivity index (χ1) is 12.4. The number of hydrogen-bond acceptors (Lipinski definition) is 3. The minimum atomic E-state index is -3.00. The highest BCUT2D eigenvalue weighted by Gasteiger charge is 2.13. The summed E-state index contributed by atoms with van der Waals surface area (Å²) in [5, 5.41) is 3.89. The molecular formula is C20H22N2O3S. The summed E-state index contributed by atoms with van der Waals surface area (Å²) < 4.78 is 24.3. The van der Waals surface area contributed by atoms with E-state index in [1.807, 2.05) is 59.2 Å². The Morgan fingerprint density at radius 3 is 2.46 bits per heavy atom. The summed E-state index contributed by atoms with van der Waals surface area (Å²) in [6.45, 7) is 0.544. The van der Waals surface area contributed by atoms with E-state index in [0.29, 0.717) is 13.0 Å². The van der Waals surface area contributed by atoms with Crippen molar-refractivity contribution in [2.45, 2.75) is 13.0 Å². The summed E-state index contributed by atoms with van der Waals surface area (Å²) in [6.07, 6.45) is 1.62. The van der Waals surface area contributed by atoms with Crippen LogP contribution in [-0.4, -0.2) is 37.4 Å². The molecule has 3 aromatic rings. The zero-order valence-corrected chi connectivity index (χ0v) is 15.5. The number of fused-ring (bicyclic) bond motifs is 1. The van der Waals surface area contributed by atoms with Gasteiger partial charge in [0.25, 0.3) is 0 Å². The predicted molar refractivity (Wildman–Crippen MR) is 105 cm³/mol. The molecule has 0 saturated carbocycles. The molecule has 3 rings (SSSR count). The highest BCUT2D eigenvalue weighted by Crippen LogP contribution is 2.28. The maximum absolute atomic E-state index is 12.4. The molecule has 0 atom stereocenters. The van der Waals surface area contributed by atoms with Gasteiger partial charge in [-0.1, -0.05) is 48.5 Å². The fraction of sp³-hybridized carbons (Fsp3) is 0.250. The molecule has 0 saturated heterocycles. The van der Waals surface area contributed by atoms with Gasteiger partial charge in [0, 0.05) is 29.4 Å². The lowest BCUT2D eigenvalue weighted by atomic mass is 10.1. The normalized spacial score (nSPS) is 11.6. The number of hydrogen-bond donors (Lipinski definition) is 1. The number of nitrogens with one attached hydrogen (secondary N) is 1. The van der Waals surface area contributed by atoms with E-state index < -0.39 is 9.84 Å². The van der Waals surface area contributed by atoms with Gasteiger partial charge < -0.3 is 9.88 Å². The minimum Gasteiger partial charge on any atom is -0.355 e. The Labute approximate surface area is 153 Å². The average molecular weight is 370 g/mol. The summed E-state index contributed by atoms with van der Waals surface area (Å²) >= 11 is 0. The van der Waals surface area contributed by atoms with Crippen molar-refractivity contribution in [2.24, 2.45) is 0 Å². The van der Waals surface area contributed by atoms with Crippen molar-refractivity contribution in [2.75, 3.05) is 18.6 Å². The van der Waals surface area contributed by atoms with Crippen LogP contribution in [0.25, 0.3) is 22.2 Å². The van der Waals surface area contributed by atoms with Crippen molar-refractivity contribution in [3.05, 3.63) is 60.7 Å². The first-order valence-corrected chi connectivity index (χ1v) is 10.6. The molecule has 2 aromatic carbocycles. The number of rotatable bonds is 7. The molecule has 0 fully saturated rings. The molecule has 1 amide bonds. The van der Waals surface area contributed by atoms with E-state index in [4.69, 9.17) is 0 Å². The number of carbonyl (C=O) groups is 1. The summed E-state index contributed by atoms with van der Waals surface area (Å²) in [6, 6.07) is 20.0. The van der Waals surface area contributed by atoms with Crippen LogP contribution in [0.2, 0.25) is 0 Å². The van der Waals surface area contributed by atoms with Crippen molar-refractivity contribution in [1.82, 2.24) is 9.88 Å². The number of benzene rings is 2. The standard InChI is InChI=1S/C20H22N2O3S/c1-26(24,25)13-7-12-21-20(23)15-22-18-11-6-5-10-17(18)14-19(22)16-8-3-2-4-9-16/h2-6,8-11,14H,7,12-13,15H2,1H3,(H,21,23). The van der Waals surface area contributed by atoms with Gasteiger partial charge in [0.05, 0.1) is 5.75 Å². The lowest BCUT2D eigenvalue weighted by Crippen LogP contribution is -2.29. The zero-order valence-electron chi connectivity index (χ0n) is 14.7. The minimum absolute atomic E-state index is 0.0784. The number of amides is 1. The number of para-hydroxylation sites is 1. The van der Waals surface area contributed by atoms with Gasteiger partial charge in [-0.25, -0.2) is 8.42 Å². The molecule has 0 unspecified atom stereocenters. The van der Waals surface area contributed by atoms with Crippen molar-refractivity contribution in [3.8, 4) is 11.3 Å². The topological polar surface area (TPSA) is 68.2 Å². The molecular weight excluding hydrogens is 348 g/mol. The Balaban J connectivity index is 1.79. The Morgan fingerprint density at radius 2 is 1.73 bits per heavy atom. The number of aromatic nitrogens is 1. The Kier molecular flexibility index (Phi) is 5.42. The second kappa shape index (κ2) is 7.74. The van der Waals surface area contributed by atoms with Crippen LogP contribution in [0.15, 0.2) is 60.7 Å². The van der Waals surface area contributed by atoms with Crippen molar-refractivity contribution >= 4 is 26.6 Å². The summed E-state index contributed by atoms with van der Waals surface area (Å²) in [5.41, 5.74) is 3.03. The Morgan fingerprint density at radius 1 is 1.04 bits per heavy atom. The lowest BCUT2D eigenvalue weighted by molar-refractivity contribution is -0.121. The molecule has 1 aromatic heterocycles. The van der Waals surface area contributed by atoms with Gasteiger partial charge in [0.2, 0.25) is 5.91 Å². The van der Waals surface area contributed by atoms with Gasteiger partial charge >= 0.3 is 0 Å². The predicted octanol–water partition coefficient (Wildman–Crippen LogP) is 2.86. The number of sulfone groups is 1. The molecule has 1 heterocycles. The quantitative estimate of drug-likeness (QED) is 0.650. The first kappa shape index (κ1) is 18.2. The van der Waals surface area contributed by atoms with Crippen LogP contribution in [0.5, 0.6) is 0 Å². The van der Waals surface area contributed by atoms with E-state index >= 15 is 0 Å². The molecule has 6 heteroatoms. The van der Waals surface area contributed by atoms with Crippen LogP contribution in [0.1, 0.15) is 6.42 Å². The molecule has 136 valence electrons. The van der Waals surface area contributed by atoms with Crippen LogP contribution < -0.4 is 5.32 Å². The highest BCUT2D eigenvalue weighted by molar-refractivity contribution is 7.90. The SMILES string of the molecule is CS(=O)(=O)CCCNC(=O)Cn1c(-c2ccccc2)cc2ccccc21. The third-order valence-corrected chi connectivity index (χ3v) is 5.23. The number of carbonyl (C=O) groups excluding carboxylic acids is 1. The van der Waals surface area contributed by atoms with E-state index in [-0.39, 0.29) is 18.2 Å². The van der Waals surface area contributed by atoms with Crippen molar-refractivity contribution < 1.29 is 13.2 Å². The molecule has 5 nitrogen and oxygen atoms in total. The van der Waals surface area contributed by atoms with Gasteiger partial charge in [-0.2, -0.15) is 0 Å². The first-order valence-electron chi connectivity index (χ1n) is 8.52. The van der Waals surface area contributed by atoms with E-state index in [1.165, 1.54) is 6.26 Å². The van der Waals surface area contributed by atoms with Crippen LogP contribution in [0.3, 0.4) is 0 Å². The monoisotopic (exact) mass is 370 g/mol. The molecule has 0 radical (unpaired) electrons. The van der Waals surface area contributed by atoms with Crippen molar-refractivity contribution in [1.29, 1.82) is 0 Å². The maximum atomic E-state index is 12.4. The van der Waals surface area contributed by atoms with Gasteiger partial charge in [-0.15, -0.1) is 0 Å². The third-order valence-electron chi connectivity index (χ3n) is 4.20.